The van der Waals surface area contributed by atoms with Gasteiger partial charge in [0.15, 0.2) is 6.29 Å². The molecule has 9 heavy (non-hydrogen) atoms. The van der Waals surface area contributed by atoms with E-state index >= 15 is 0 Å². The number of ether oxygens (including phenoxy) is 2. The Morgan fingerprint density at radius 3 is 2.00 bits per heavy atom. The van der Waals surface area contributed by atoms with Crippen LogP contribution < -0.4 is 0 Å². The summed E-state index contributed by atoms with van der Waals surface area (Å²) in [6, 6.07) is 0. The van der Waals surface area contributed by atoms with Gasteiger partial charge in [-0.3, -0.25) is 0 Å². The molecule has 0 aliphatic carbocycles. The normalized spacial score (nSPS) is 36.0. The molecule has 1 aliphatic heterocycles. The molecule has 0 aromatic heterocycles. The minimum absolute atomic E-state index is 0.476. The van der Waals surface area contributed by atoms with Crippen molar-refractivity contribution in [2.24, 2.45) is 0 Å². The number of rotatable bonds is 1. The first-order chi connectivity index (χ1) is 4.00. The first-order valence-electron chi connectivity index (χ1n) is 2.38. The van der Waals surface area contributed by atoms with Crippen LogP contribution in [0.25, 0.3) is 0 Å². The molecular weight excluding hydrogens is 245 g/mol. The van der Waals surface area contributed by atoms with E-state index in [4.69, 9.17) is 0 Å². The Bertz CT molecular complexity index is 108. The third-order valence-electron chi connectivity index (χ3n) is 0.898. The van der Waals surface area contributed by atoms with E-state index in [0.29, 0.717) is 0 Å². The molecule has 1 heterocycles. The zero-order valence-corrected chi connectivity index (χ0v) is 6.76. The highest BCUT2D eigenvalue weighted by molar-refractivity contribution is 14.1. The first-order valence-corrected chi connectivity index (χ1v) is 3.45. The van der Waals surface area contributed by atoms with Crippen molar-refractivity contribution in [3.05, 3.63) is 0 Å². The SMILES string of the molecule is CC1OC(C(F)(F)I)O1. The predicted octanol–water partition coefficient (Wildman–Crippen LogP) is 1.73. The van der Waals surface area contributed by atoms with Crippen molar-refractivity contribution in [3.63, 3.8) is 0 Å². The van der Waals surface area contributed by atoms with Crippen molar-refractivity contribution in [2.75, 3.05) is 0 Å². The molecule has 0 N–H and O–H groups in total. The van der Waals surface area contributed by atoms with Crippen LogP contribution in [0, 0.1) is 0 Å². The maximum absolute atomic E-state index is 12.1. The van der Waals surface area contributed by atoms with Crippen molar-refractivity contribution >= 4 is 22.6 Å². The van der Waals surface area contributed by atoms with E-state index in [1.54, 1.807) is 6.92 Å². The highest BCUT2D eigenvalue weighted by atomic mass is 127. The van der Waals surface area contributed by atoms with Crippen molar-refractivity contribution in [3.8, 4) is 0 Å². The summed E-state index contributed by atoms with van der Waals surface area (Å²) in [6.45, 7) is 1.57. The van der Waals surface area contributed by atoms with Crippen LogP contribution in [-0.4, -0.2) is 16.5 Å². The molecule has 54 valence electrons. The molecule has 0 atom stereocenters. The molecule has 0 amide bonds. The second-order valence-corrected chi connectivity index (χ2v) is 3.15. The van der Waals surface area contributed by atoms with Gasteiger partial charge in [-0.2, -0.15) is 8.78 Å². The largest absolute Gasteiger partial charge is 0.346 e. The molecule has 1 saturated heterocycles. The van der Waals surface area contributed by atoms with Crippen molar-refractivity contribution in [1.82, 2.24) is 0 Å². The number of hydrogen-bond acceptors (Lipinski definition) is 2. The highest BCUT2D eigenvalue weighted by Gasteiger charge is 2.46. The van der Waals surface area contributed by atoms with Gasteiger partial charge in [-0.25, -0.2) is 0 Å². The van der Waals surface area contributed by atoms with E-state index in [0.717, 1.165) is 22.6 Å². The fourth-order valence-electron chi connectivity index (χ4n) is 0.513. The van der Waals surface area contributed by atoms with E-state index in [-0.39, 0.29) is 0 Å². The molecule has 0 saturated carbocycles. The smallest absolute Gasteiger partial charge is 0.317 e. The van der Waals surface area contributed by atoms with E-state index in [1.165, 1.54) is 0 Å². The van der Waals surface area contributed by atoms with Crippen LogP contribution in [0.15, 0.2) is 0 Å². The van der Waals surface area contributed by atoms with E-state index in [2.05, 4.69) is 9.47 Å². The summed E-state index contributed by atoms with van der Waals surface area (Å²) < 4.78 is 30.3. The fraction of sp³-hybridized carbons (Fsp3) is 1.00. The monoisotopic (exact) mass is 250 g/mol. The van der Waals surface area contributed by atoms with Gasteiger partial charge >= 0.3 is 3.93 Å². The Labute approximate surface area is 64.6 Å². The second kappa shape index (κ2) is 2.28. The lowest BCUT2D eigenvalue weighted by molar-refractivity contribution is -0.408. The molecule has 0 aromatic carbocycles. The topological polar surface area (TPSA) is 18.5 Å². The van der Waals surface area contributed by atoms with Gasteiger partial charge in [-0.15, -0.1) is 0 Å². The van der Waals surface area contributed by atoms with E-state index in [9.17, 15) is 8.78 Å². The minimum atomic E-state index is -2.90. The summed E-state index contributed by atoms with van der Waals surface area (Å²) in [4.78, 5) is 0. The van der Waals surface area contributed by atoms with Crippen LogP contribution >= 0.6 is 22.6 Å². The van der Waals surface area contributed by atoms with Crippen LogP contribution in [0.1, 0.15) is 6.92 Å². The Balaban J connectivity index is 2.32. The molecule has 5 heteroatoms. The zero-order valence-electron chi connectivity index (χ0n) is 4.61. The van der Waals surface area contributed by atoms with Gasteiger partial charge in [-0.05, 0) is 6.92 Å². The Morgan fingerprint density at radius 2 is 1.89 bits per heavy atom. The minimum Gasteiger partial charge on any atom is -0.317 e. The second-order valence-electron chi connectivity index (χ2n) is 1.71. The van der Waals surface area contributed by atoms with Crippen LogP contribution in [0.2, 0.25) is 0 Å². The van der Waals surface area contributed by atoms with Gasteiger partial charge in [0, 0.05) is 22.6 Å². The molecular formula is C4H5F2IO2. The van der Waals surface area contributed by atoms with Crippen molar-refractivity contribution in [2.45, 2.75) is 23.4 Å². The standard InChI is InChI=1S/C4H5F2IO2/c1-2-8-3(9-2)4(5,6)7/h2-3H,1H3. The highest BCUT2D eigenvalue weighted by Crippen LogP contribution is 2.36. The van der Waals surface area contributed by atoms with E-state index in [1.807, 2.05) is 0 Å². The van der Waals surface area contributed by atoms with Gasteiger partial charge < -0.3 is 9.47 Å². The van der Waals surface area contributed by atoms with Gasteiger partial charge in [0.05, 0.1) is 0 Å². The third-order valence-corrected chi connectivity index (χ3v) is 1.41. The number of hydrogen-bond donors (Lipinski definition) is 0. The van der Waals surface area contributed by atoms with Crippen LogP contribution in [0.5, 0.6) is 0 Å². The molecule has 1 fully saturated rings. The average molecular weight is 250 g/mol. The van der Waals surface area contributed by atoms with Gasteiger partial charge in [0.1, 0.15) is 0 Å². The van der Waals surface area contributed by atoms with Crippen LogP contribution in [0.3, 0.4) is 0 Å². The molecule has 0 spiro atoms. The average Bonchev–Trinajstić information content (AvgIpc) is 1.55. The van der Waals surface area contributed by atoms with Crippen molar-refractivity contribution in [1.29, 1.82) is 0 Å². The third kappa shape index (κ3) is 1.71. The first kappa shape index (κ1) is 7.62. The van der Waals surface area contributed by atoms with Gasteiger partial charge in [0.2, 0.25) is 6.29 Å². The zero-order chi connectivity index (χ0) is 7.07. The molecule has 0 aromatic rings. The van der Waals surface area contributed by atoms with Gasteiger partial charge in [-0.1, -0.05) is 0 Å². The number of alkyl halides is 3. The van der Waals surface area contributed by atoms with E-state index < -0.39 is 16.5 Å². The molecule has 0 bridgehead atoms. The van der Waals surface area contributed by atoms with Gasteiger partial charge in [0.25, 0.3) is 0 Å². The Kier molecular flexibility index (Phi) is 1.93. The molecule has 0 radical (unpaired) electrons. The van der Waals surface area contributed by atoms with Crippen LogP contribution in [-0.2, 0) is 9.47 Å². The fourth-order valence-corrected chi connectivity index (χ4v) is 0.806. The summed E-state index contributed by atoms with van der Waals surface area (Å²) in [6.07, 6.45) is -1.82. The maximum Gasteiger partial charge on any atom is 0.346 e. The van der Waals surface area contributed by atoms with Crippen LogP contribution in [0.4, 0.5) is 8.78 Å². The number of halogens is 3. The molecule has 1 aliphatic rings. The summed E-state index contributed by atoms with van der Waals surface area (Å²) in [5.41, 5.74) is 0. The Morgan fingerprint density at radius 1 is 1.44 bits per heavy atom. The summed E-state index contributed by atoms with van der Waals surface area (Å²) in [7, 11) is 0. The Hall–Kier alpha value is 0.510. The molecule has 1 rings (SSSR count). The maximum atomic E-state index is 12.1. The van der Waals surface area contributed by atoms with Crippen molar-refractivity contribution < 1.29 is 18.3 Å². The summed E-state index contributed by atoms with van der Waals surface area (Å²) in [5.74, 6) is 0. The lowest BCUT2D eigenvalue weighted by atomic mass is 10.5. The summed E-state index contributed by atoms with van der Waals surface area (Å²) >= 11 is 0.981. The molecule has 2 nitrogen and oxygen atoms in total. The quantitative estimate of drug-likeness (QED) is 0.521. The lowest BCUT2D eigenvalue weighted by Crippen LogP contribution is -2.47. The molecule has 0 unspecified atom stereocenters. The lowest BCUT2D eigenvalue weighted by Gasteiger charge is -2.35. The summed E-state index contributed by atoms with van der Waals surface area (Å²) in [5, 5.41) is 0. The predicted molar refractivity (Wildman–Crippen MR) is 34.4 cm³/mol.